The van der Waals surface area contributed by atoms with Crippen molar-refractivity contribution >= 4 is 17.3 Å². The lowest BCUT2D eigenvalue weighted by Gasteiger charge is -2.15. The summed E-state index contributed by atoms with van der Waals surface area (Å²) < 4.78 is 1.80. The van der Waals surface area contributed by atoms with Crippen molar-refractivity contribution in [2.75, 3.05) is 5.32 Å². The summed E-state index contributed by atoms with van der Waals surface area (Å²) >= 11 is 5.85. The number of H-pyrrole nitrogens is 1. The molecule has 6 nitrogen and oxygen atoms in total. The average Bonchev–Trinajstić information content (AvgIpc) is 2.77. The Morgan fingerprint density at radius 3 is 3.18 bits per heavy atom. The van der Waals surface area contributed by atoms with Gasteiger partial charge in [-0.15, -0.1) is 0 Å². The van der Waals surface area contributed by atoms with E-state index in [9.17, 15) is 4.79 Å². The second kappa shape index (κ2) is 5.01. The summed E-state index contributed by atoms with van der Waals surface area (Å²) in [6, 6.07) is 1.94. The first-order chi connectivity index (χ1) is 8.16. The first-order valence-electron chi connectivity index (χ1n) is 5.14. The number of halogens is 1. The molecule has 2 heterocycles. The largest absolute Gasteiger partial charge is 0.378 e. The van der Waals surface area contributed by atoms with Crippen LogP contribution in [-0.2, 0) is 6.54 Å². The summed E-state index contributed by atoms with van der Waals surface area (Å²) in [5.74, 6) is 0. The van der Waals surface area contributed by atoms with Crippen LogP contribution in [0.1, 0.15) is 6.92 Å². The lowest BCUT2D eigenvalue weighted by molar-refractivity contribution is 0.560. The van der Waals surface area contributed by atoms with E-state index in [1.165, 1.54) is 6.20 Å². The average molecular weight is 254 g/mol. The minimum atomic E-state index is -0.400. The van der Waals surface area contributed by atoms with Crippen LogP contribution in [-0.4, -0.2) is 26.0 Å². The van der Waals surface area contributed by atoms with Crippen LogP contribution in [0.25, 0.3) is 0 Å². The highest BCUT2D eigenvalue weighted by atomic mass is 35.5. The van der Waals surface area contributed by atoms with Crippen molar-refractivity contribution in [2.24, 2.45) is 0 Å². The summed E-state index contributed by atoms with van der Waals surface area (Å²) in [5, 5.41) is 13.3. The molecule has 1 unspecified atom stereocenters. The molecule has 0 bridgehead atoms. The molecular formula is C10H12ClN5O. The highest BCUT2D eigenvalue weighted by Crippen LogP contribution is 2.15. The van der Waals surface area contributed by atoms with Gasteiger partial charge in [0.2, 0.25) is 0 Å². The van der Waals surface area contributed by atoms with E-state index in [0.717, 1.165) is 0 Å². The zero-order chi connectivity index (χ0) is 12.3. The fraction of sp³-hybridized carbons (Fsp3) is 0.300. The van der Waals surface area contributed by atoms with Crippen LogP contribution in [0, 0.1) is 0 Å². The van der Waals surface area contributed by atoms with E-state index in [1.54, 1.807) is 10.9 Å². The predicted molar refractivity (Wildman–Crippen MR) is 65.2 cm³/mol. The van der Waals surface area contributed by atoms with E-state index in [1.807, 2.05) is 19.2 Å². The van der Waals surface area contributed by atoms with Gasteiger partial charge < -0.3 is 5.32 Å². The van der Waals surface area contributed by atoms with E-state index in [-0.39, 0.29) is 11.1 Å². The van der Waals surface area contributed by atoms with Crippen LogP contribution in [0.3, 0.4) is 0 Å². The molecule has 90 valence electrons. The number of aromatic amines is 1. The van der Waals surface area contributed by atoms with Gasteiger partial charge in [0.1, 0.15) is 5.02 Å². The number of hydrogen-bond acceptors (Lipinski definition) is 4. The number of aromatic nitrogens is 4. The van der Waals surface area contributed by atoms with Gasteiger partial charge in [0.25, 0.3) is 5.56 Å². The number of nitrogens with one attached hydrogen (secondary N) is 2. The predicted octanol–water partition coefficient (Wildman–Crippen LogP) is 1.12. The summed E-state index contributed by atoms with van der Waals surface area (Å²) in [5.41, 5.74) is 0.123. The van der Waals surface area contributed by atoms with Crippen LogP contribution in [0.5, 0.6) is 0 Å². The first-order valence-corrected chi connectivity index (χ1v) is 5.52. The molecule has 2 N–H and O–H groups in total. The zero-order valence-corrected chi connectivity index (χ0v) is 9.98. The molecule has 0 saturated heterocycles. The smallest absolute Gasteiger partial charge is 0.285 e. The lowest BCUT2D eigenvalue weighted by Crippen LogP contribution is -2.24. The van der Waals surface area contributed by atoms with Gasteiger partial charge in [0.05, 0.1) is 18.4 Å². The third kappa shape index (κ3) is 2.85. The Kier molecular flexibility index (Phi) is 3.43. The third-order valence-electron chi connectivity index (χ3n) is 2.22. The molecule has 0 saturated carbocycles. The maximum Gasteiger partial charge on any atom is 0.285 e. The summed E-state index contributed by atoms with van der Waals surface area (Å²) in [4.78, 5) is 11.2. The van der Waals surface area contributed by atoms with Crippen LogP contribution >= 0.6 is 11.6 Å². The molecule has 17 heavy (non-hydrogen) atoms. The maximum absolute atomic E-state index is 11.2. The Bertz CT molecular complexity index is 536. The van der Waals surface area contributed by atoms with E-state index < -0.39 is 5.56 Å². The van der Waals surface area contributed by atoms with Crippen molar-refractivity contribution in [3.05, 3.63) is 40.0 Å². The van der Waals surface area contributed by atoms with Gasteiger partial charge in [0.15, 0.2) is 0 Å². The van der Waals surface area contributed by atoms with Gasteiger partial charge in [-0.05, 0) is 13.0 Å². The van der Waals surface area contributed by atoms with Crippen molar-refractivity contribution in [3.63, 3.8) is 0 Å². The van der Waals surface area contributed by atoms with Gasteiger partial charge >= 0.3 is 0 Å². The molecule has 0 spiro atoms. The molecule has 0 aliphatic carbocycles. The highest BCUT2D eigenvalue weighted by Gasteiger charge is 2.08. The highest BCUT2D eigenvalue weighted by molar-refractivity contribution is 6.32. The Morgan fingerprint density at radius 2 is 2.47 bits per heavy atom. The molecule has 0 aliphatic rings. The van der Waals surface area contributed by atoms with Crippen molar-refractivity contribution in [3.8, 4) is 0 Å². The minimum absolute atomic E-state index is 0.0796. The van der Waals surface area contributed by atoms with Crippen molar-refractivity contribution in [2.45, 2.75) is 19.5 Å². The molecule has 2 aromatic rings. The first kappa shape index (κ1) is 11.7. The number of rotatable bonds is 4. The Hall–Kier alpha value is -1.82. The van der Waals surface area contributed by atoms with Gasteiger partial charge in [-0.1, -0.05) is 11.6 Å². The van der Waals surface area contributed by atoms with E-state index in [0.29, 0.717) is 12.2 Å². The third-order valence-corrected chi connectivity index (χ3v) is 2.59. The number of anilines is 1. The van der Waals surface area contributed by atoms with Crippen LogP contribution in [0.4, 0.5) is 5.69 Å². The second-order valence-corrected chi connectivity index (χ2v) is 4.08. The normalized spacial score (nSPS) is 12.4. The SMILES string of the molecule is CC(Cn1cccn1)Nc1cn[nH]c(=O)c1Cl. The Labute approximate surface area is 103 Å². The van der Waals surface area contributed by atoms with Gasteiger partial charge in [0, 0.05) is 18.4 Å². The molecule has 0 aromatic carbocycles. The van der Waals surface area contributed by atoms with Gasteiger partial charge in [-0.3, -0.25) is 9.48 Å². The van der Waals surface area contributed by atoms with Crippen LogP contribution in [0.2, 0.25) is 5.02 Å². The second-order valence-electron chi connectivity index (χ2n) is 3.70. The van der Waals surface area contributed by atoms with Crippen molar-refractivity contribution in [1.29, 1.82) is 0 Å². The van der Waals surface area contributed by atoms with Gasteiger partial charge in [-0.25, -0.2) is 5.10 Å². The maximum atomic E-state index is 11.2. The molecule has 0 fully saturated rings. The molecule has 0 aliphatic heterocycles. The molecule has 1 atom stereocenters. The molecular weight excluding hydrogens is 242 g/mol. The fourth-order valence-electron chi connectivity index (χ4n) is 1.48. The lowest BCUT2D eigenvalue weighted by atomic mass is 10.3. The number of hydrogen-bond donors (Lipinski definition) is 2. The standard InChI is InChI=1S/C10H12ClN5O/c1-7(6-16-4-2-3-13-16)14-8-5-12-15-10(17)9(8)11/h2-5,7H,6H2,1H3,(H2,14,15,17). The number of nitrogens with zero attached hydrogens (tertiary/aromatic N) is 3. The van der Waals surface area contributed by atoms with E-state index in [4.69, 9.17) is 11.6 Å². The zero-order valence-electron chi connectivity index (χ0n) is 9.22. The molecule has 0 amide bonds. The quantitative estimate of drug-likeness (QED) is 0.856. The molecule has 0 radical (unpaired) electrons. The van der Waals surface area contributed by atoms with Crippen molar-refractivity contribution < 1.29 is 0 Å². The fourth-order valence-corrected chi connectivity index (χ4v) is 1.63. The van der Waals surface area contributed by atoms with E-state index in [2.05, 4.69) is 20.6 Å². The molecule has 2 rings (SSSR count). The summed E-state index contributed by atoms with van der Waals surface area (Å²) in [6.45, 7) is 2.65. The van der Waals surface area contributed by atoms with Gasteiger partial charge in [-0.2, -0.15) is 10.2 Å². The van der Waals surface area contributed by atoms with Crippen molar-refractivity contribution in [1.82, 2.24) is 20.0 Å². The molecule has 7 heteroatoms. The monoisotopic (exact) mass is 253 g/mol. The summed E-state index contributed by atoms with van der Waals surface area (Å²) in [7, 11) is 0. The van der Waals surface area contributed by atoms with Crippen LogP contribution < -0.4 is 10.9 Å². The van der Waals surface area contributed by atoms with E-state index >= 15 is 0 Å². The Morgan fingerprint density at radius 1 is 1.65 bits per heavy atom. The molecule has 2 aromatic heterocycles. The van der Waals surface area contributed by atoms with Crippen LogP contribution in [0.15, 0.2) is 29.5 Å². The Balaban J connectivity index is 2.05. The topological polar surface area (TPSA) is 75.6 Å². The minimum Gasteiger partial charge on any atom is -0.378 e. The summed E-state index contributed by atoms with van der Waals surface area (Å²) in [6.07, 6.45) is 5.08.